The van der Waals surface area contributed by atoms with Crippen LogP contribution in [0.3, 0.4) is 0 Å². The highest BCUT2D eigenvalue weighted by molar-refractivity contribution is 8.00. The average molecular weight is 383 g/mol. The third-order valence-corrected chi connectivity index (χ3v) is 5.45. The van der Waals surface area contributed by atoms with Crippen LogP contribution in [0.1, 0.15) is 23.7 Å². The van der Waals surface area contributed by atoms with Crippen LogP contribution in [0.15, 0.2) is 59.8 Å². The van der Waals surface area contributed by atoms with Gasteiger partial charge in [0.2, 0.25) is 11.1 Å². The topological polar surface area (TPSA) is 85.8 Å². The number of rotatable bonds is 6. The number of nitrogens with one attached hydrogen (secondary N) is 1. The number of nitrogen functional groups attached to an aromatic ring is 1. The van der Waals surface area contributed by atoms with Crippen LogP contribution in [-0.4, -0.2) is 26.8 Å². The van der Waals surface area contributed by atoms with Gasteiger partial charge in [0.15, 0.2) is 5.82 Å². The number of hydrogen-bond acceptors (Lipinski definition) is 5. The van der Waals surface area contributed by atoms with Gasteiger partial charge in [0, 0.05) is 11.6 Å². The van der Waals surface area contributed by atoms with Crippen molar-refractivity contribution in [3.63, 3.8) is 0 Å². The molecule has 8 heteroatoms. The summed E-state index contributed by atoms with van der Waals surface area (Å²) in [6.07, 6.45) is 2.02. The molecule has 0 saturated heterocycles. The van der Waals surface area contributed by atoms with Crippen molar-refractivity contribution in [3.05, 3.63) is 66.0 Å². The van der Waals surface area contributed by atoms with Crippen molar-refractivity contribution in [1.82, 2.24) is 20.2 Å². The molecular formula is C19H18FN5OS. The number of carbonyl (C=O) groups is 1. The van der Waals surface area contributed by atoms with Gasteiger partial charge in [-0.1, -0.05) is 54.2 Å². The van der Waals surface area contributed by atoms with E-state index in [1.165, 1.54) is 28.6 Å². The number of thioether (sulfide) groups is 1. The van der Waals surface area contributed by atoms with Gasteiger partial charge in [-0.05, 0) is 30.5 Å². The summed E-state index contributed by atoms with van der Waals surface area (Å²) in [5.74, 6) is 6.02. The Kier molecular flexibility index (Phi) is 4.81. The molecular weight excluding hydrogens is 365 g/mol. The molecule has 0 radical (unpaired) electrons. The Balaban J connectivity index is 1.62. The van der Waals surface area contributed by atoms with Crippen molar-refractivity contribution in [2.24, 2.45) is 0 Å². The van der Waals surface area contributed by atoms with Crippen molar-refractivity contribution in [2.75, 3.05) is 5.84 Å². The van der Waals surface area contributed by atoms with Crippen LogP contribution in [0.25, 0.3) is 11.4 Å². The quantitative estimate of drug-likeness (QED) is 0.505. The smallest absolute Gasteiger partial charge is 0.238 e. The van der Waals surface area contributed by atoms with E-state index in [0.717, 1.165) is 18.4 Å². The number of nitrogens with zero attached hydrogens (tertiary/aromatic N) is 3. The summed E-state index contributed by atoms with van der Waals surface area (Å²) in [5, 5.41) is 11.1. The van der Waals surface area contributed by atoms with E-state index in [9.17, 15) is 9.18 Å². The Labute approximate surface area is 160 Å². The molecule has 0 unspecified atom stereocenters. The minimum atomic E-state index is -0.501. The predicted octanol–water partition coefficient (Wildman–Crippen LogP) is 2.91. The van der Waals surface area contributed by atoms with Crippen LogP contribution in [0.2, 0.25) is 0 Å². The predicted molar refractivity (Wildman–Crippen MR) is 102 cm³/mol. The molecule has 1 aromatic heterocycles. The molecule has 3 N–H and O–H groups in total. The number of halogens is 1. The second kappa shape index (κ2) is 7.40. The summed E-state index contributed by atoms with van der Waals surface area (Å²) in [5.41, 5.74) is 1.38. The Hall–Kier alpha value is -2.87. The highest BCUT2D eigenvalue weighted by Gasteiger charge is 2.30. The Bertz CT molecular complexity index is 958. The van der Waals surface area contributed by atoms with Crippen molar-refractivity contribution >= 4 is 17.7 Å². The molecule has 1 fully saturated rings. The molecule has 138 valence electrons. The molecule has 0 spiro atoms. The fourth-order valence-corrected chi connectivity index (χ4v) is 3.66. The van der Waals surface area contributed by atoms with Crippen LogP contribution in [0.5, 0.6) is 0 Å². The third-order valence-electron chi connectivity index (χ3n) is 4.23. The van der Waals surface area contributed by atoms with Gasteiger partial charge in [0.25, 0.3) is 0 Å². The summed E-state index contributed by atoms with van der Waals surface area (Å²) >= 11 is 1.22. The minimum Gasteiger partial charge on any atom is -0.352 e. The maximum Gasteiger partial charge on any atom is 0.238 e. The zero-order valence-corrected chi connectivity index (χ0v) is 15.2. The zero-order valence-electron chi connectivity index (χ0n) is 14.4. The third kappa shape index (κ3) is 3.95. The van der Waals surface area contributed by atoms with Crippen LogP contribution >= 0.6 is 11.8 Å². The fraction of sp³-hybridized carbons (Fsp3) is 0.211. The summed E-state index contributed by atoms with van der Waals surface area (Å²) in [6, 6.07) is 15.7. The Morgan fingerprint density at radius 2 is 1.96 bits per heavy atom. The lowest BCUT2D eigenvalue weighted by Crippen LogP contribution is -2.30. The summed E-state index contributed by atoms with van der Waals surface area (Å²) in [4.78, 5) is 12.8. The van der Waals surface area contributed by atoms with E-state index in [0.29, 0.717) is 16.5 Å². The normalized spacial score (nSPS) is 14.7. The van der Waals surface area contributed by atoms with E-state index in [4.69, 9.17) is 5.84 Å². The molecule has 4 rings (SSSR count). The maximum atomic E-state index is 13.5. The van der Waals surface area contributed by atoms with E-state index in [1.807, 2.05) is 30.3 Å². The average Bonchev–Trinajstić information content (AvgIpc) is 3.41. The number of nitrogens with two attached hydrogens (primary N) is 1. The molecule has 1 heterocycles. The first-order valence-corrected chi connectivity index (χ1v) is 9.48. The van der Waals surface area contributed by atoms with Gasteiger partial charge < -0.3 is 11.2 Å². The van der Waals surface area contributed by atoms with Gasteiger partial charge in [-0.15, -0.1) is 10.2 Å². The Morgan fingerprint density at radius 3 is 2.67 bits per heavy atom. The molecule has 27 heavy (non-hydrogen) atoms. The van der Waals surface area contributed by atoms with Crippen LogP contribution in [0, 0.1) is 5.82 Å². The van der Waals surface area contributed by atoms with Gasteiger partial charge in [-0.3, -0.25) is 4.79 Å². The number of aromatic nitrogens is 3. The van der Waals surface area contributed by atoms with Gasteiger partial charge >= 0.3 is 0 Å². The molecule has 0 bridgehead atoms. The van der Waals surface area contributed by atoms with Crippen LogP contribution < -0.4 is 11.2 Å². The SMILES string of the molecule is Nn1c(S[C@@H](C(=O)NC2CC2)c2ccccc2)nnc1-c1cccc(F)c1. The number of benzene rings is 2. The monoisotopic (exact) mass is 383 g/mol. The highest BCUT2D eigenvalue weighted by atomic mass is 32.2. The van der Waals surface area contributed by atoms with E-state index < -0.39 is 5.25 Å². The summed E-state index contributed by atoms with van der Waals surface area (Å²) < 4.78 is 14.8. The number of amides is 1. The molecule has 1 amide bonds. The maximum absolute atomic E-state index is 13.5. The molecule has 3 aromatic rings. The van der Waals surface area contributed by atoms with Crippen molar-refractivity contribution in [2.45, 2.75) is 29.3 Å². The molecule has 1 atom stereocenters. The lowest BCUT2D eigenvalue weighted by atomic mass is 10.1. The lowest BCUT2D eigenvalue weighted by molar-refractivity contribution is -0.120. The van der Waals surface area contributed by atoms with Crippen molar-refractivity contribution in [1.29, 1.82) is 0 Å². The molecule has 1 aliphatic rings. The lowest BCUT2D eigenvalue weighted by Gasteiger charge is -2.16. The van der Waals surface area contributed by atoms with E-state index in [1.54, 1.807) is 12.1 Å². The van der Waals surface area contributed by atoms with Crippen LogP contribution in [0.4, 0.5) is 4.39 Å². The Morgan fingerprint density at radius 1 is 1.19 bits per heavy atom. The first kappa shape index (κ1) is 17.5. The van der Waals surface area contributed by atoms with Crippen LogP contribution in [-0.2, 0) is 4.79 Å². The first-order chi connectivity index (χ1) is 13.1. The van der Waals surface area contributed by atoms with Crippen molar-refractivity contribution in [3.8, 4) is 11.4 Å². The van der Waals surface area contributed by atoms with E-state index >= 15 is 0 Å². The molecule has 1 saturated carbocycles. The number of carbonyl (C=O) groups excluding carboxylic acids is 1. The van der Waals surface area contributed by atoms with Gasteiger partial charge in [0.05, 0.1) is 0 Å². The largest absolute Gasteiger partial charge is 0.352 e. The summed E-state index contributed by atoms with van der Waals surface area (Å²) in [6.45, 7) is 0. The highest BCUT2D eigenvalue weighted by Crippen LogP contribution is 2.36. The molecule has 1 aliphatic carbocycles. The van der Waals surface area contributed by atoms with Gasteiger partial charge in [-0.25, -0.2) is 9.07 Å². The summed E-state index contributed by atoms with van der Waals surface area (Å²) in [7, 11) is 0. The standard InChI is InChI=1S/C19H18FN5OS/c20-14-8-4-7-13(11-14)17-23-24-19(25(17)21)27-16(12-5-2-1-3-6-12)18(26)22-15-9-10-15/h1-8,11,15-16H,9-10,21H2,(H,22,26)/t16-/m1/s1. The van der Waals surface area contributed by atoms with Gasteiger partial charge in [-0.2, -0.15) is 0 Å². The van der Waals surface area contributed by atoms with Crippen molar-refractivity contribution < 1.29 is 9.18 Å². The zero-order chi connectivity index (χ0) is 18.8. The second-order valence-corrected chi connectivity index (χ2v) is 7.45. The minimum absolute atomic E-state index is 0.0796. The number of hydrogen-bond donors (Lipinski definition) is 2. The fourth-order valence-electron chi connectivity index (χ4n) is 2.69. The second-order valence-electron chi connectivity index (χ2n) is 6.38. The molecule has 6 nitrogen and oxygen atoms in total. The molecule has 2 aromatic carbocycles. The van der Waals surface area contributed by atoms with Gasteiger partial charge in [0.1, 0.15) is 11.1 Å². The first-order valence-electron chi connectivity index (χ1n) is 8.60. The van der Waals surface area contributed by atoms with E-state index in [-0.39, 0.29) is 17.8 Å². The van der Waals surface area contributed by atoms with E-state index in [2.05, 4.69) is 15.5 Å². The molecule has 0 aliphatic heterocycles.